The van der Waals surface area contributed by atoms with Crippen molar-refractivity contribution in [2.24, 2.45) is 0 Å². The predicted octanol–water partition coefficient (Wildman–Crippen LogP) is 5.90. The number of hydrogen-bond acceptors (Lipinski definition) is 5. The predicted molar refractivity (Wildman–Crippen MR) is 144 cm³/mol. The number of amides is 1. The lowest BCUT2D eigenvalue weighted by molar-refractivity contribution is -0.129. The second-order valence-corrected chi connectivity index (χ2v) is 14.4. The number of phenolic OH excluding ortho intramolecular Hbond substituents is 1. The number of piperazine rings is 1. The topological polar surface area (TPSA) is 43.8 Å². The van der Waals surface area contributed by atoms with Gasteiger partial charge in [-0.25, -0.2) is 0 Å². The van der Waals surface area contributed by atoms with Crippen LogP contribution >= 0.6 is 23.5 Å². The van der Waals surface area contributed by atoms with Crippen molar-refractivity contribution >= 4 is 29.4 Å². The molecule has 1 saturated carbocycles. The summed E-state index contributed by atoms with van der Waals surface area (Å²) in [7, 11) is 2.12. The zero-order chi connectivity index (χ0) is 24.4. The highest BCUT2D eigenvalue weighted by Gasteiger charge is 2.31. The van der Waals surface area contributed by atoms with E-state index in [4.69, 9.17) is 0 Å². The molecule has 1 amide bonds. The minimum atomic E-state index is -0.115. The highest BCUT2D eigenvalue weighted by molar-refractivity contribution is 8.04. The number of thioether (sulfide) groups is 2. The second-order valence-electron chi connectivity index (χ2n) is 11.8. The van der Waals surface area contributed by atoms with Crippen molar-refractivity contribution in [3.8, 4) is 5.75 Å². The Kier molecular flexibility index (Phi) is 8.77. The molecule has 0 aromatic heterocycles. The molecule has 0 radical (unpaired) electrons. The Labute approximate surface area is 210 Å². The maximum Gasteiger partial charge on any atom is 0.232 e. The summed E-state index contributed by atoms with van der Waals surface area (Å²) in [5.41, 5.74) is 1.83. The zero-order valence-corrected chi connectivity index (χ0v) is 23.4. The van der Waals surface area contributed by atoms with E-state index in [2.05, 4.69) is 65.6 Å². The molecule has 1 N–H and O–H groups in total. The smallest absolute Gasteiger partial charge is 0.232 e. The Bertz CT molecular complexity index is 785. The average Bonchev–Trinajstić information content (AvgIpc) is 2.73. The molecule has 1 aromatic rings. The van der Waals surface area contributed by atoms with Gasteiger partial charge in [-0.3, -0.25) is 4.79 Å². The van der Waals surface area contributed by atoms with Gasteiger partial charge in [0.1, 0.15) is 5.75 Å². The summed E-state index contributed by atoms with van der Waals surface area (Å²) in [5.74, 6) is 1.35. The molecule has 0 bridgehead atoms. The van der Waals surface area contributed by atoms with Crippen molar-refractivity contribution in [2.45, 2.75) is 93.5 Å². The summed E-state index contributed by atoms with van der Waals surface area (Å²) in [5, 5.41) is 12.1. The Morgan fingerprint density at radius 2 is 1.45 bits per heavy atom. The second kappa shape index (κ2) is 10.8. The lowest BCUT2D eigenvalue weighted by Crippen LogP contribution is -2.48. The molecule has 2 aliphatic rings. The quantitative estimate of drug-likeness (QED) is 0.554. The Hall–Kier alpha value is -0.850. The van der Waals surface area contributed by atoms with Gasteiger partial charge in [0, 0.05) is 52.7 Å². The van der Waals surface area contributed by atoms with Gasteiger partial charge >= 0.3 is 0 Å². The van der Waals surface area contributed by atoms with Crippen LogP contribution in [0.5, 0.6) is 5.75 Å². The highest BCUT2D eigenvalue weighted by Crippen LogP contribution is 2.45. The third-order valence-electron chi connectivity index (χ3n) is 6.91. The number of nitrogens with zero attached hydrogens (tertiary/aromatic N) is 2. The van der Waals surface area contributed by atoms with Crippen LogP contribution < -0.4 is 0 Å². The van der Waals surface area contributed by atoms with Crippen LogP contribution in [0.15, 0.2) is 17.0 Å². The number of carbonyl (C=O) groups is 1. The van der Waals surface area contributed by atoms with Gasteiger partial charge in [-0.05, 0) is 42.9 Å². The third-order valence-corrected chi connectivity index (χ3v) is 9.86. The maximum absolute atomic E-state index is 12.8. The first-order valence-corrected chi connectivity index (χ1v) is 14.4. The molecule has 1 heterocycles. The van der Waals surface area contributed by atoms with Crippen LogP contribution in [0, 0.1) is 0 Å². The van der Waals surface area contributed by atoms with Crippen molar-refractivity contribution < 1.29 is 9.90 Å². The van der Waals surface area contributed by atoms with Crippen LogP contribution in [-0.2, 0) is 15.6 Å². The first-order chi connectivity index (χ1) is 15.4. The molecule has 3 rings (SSSR count). The molecule has 0 spiro atoms. The number of rotatable bonds is 5. The van der Waals surface area contributed by atoms with Gasteiger partial charge < -0.3 is 14.9 Å². The molecule has 1 aromatic carbocycles. The molecule has 0 unspecified atom stereocenters. The molecule has 1 saturated heterocycles. The molecular formula is C27H44N2O2S2. The van der Waals surface area contributed by atoms with Crippen molar-refractivity contribution in [1.82, 2.24) is 9.80 Å². The van der Waals surface area contributed by atoms with Gasteiger partial charge in [0.05, 0.1) is 5.75 Å². The van der Waals surface area contributed by atoms with Crippen molar-refractivity contribution in [3.63, 3.8) is 0 Å². The first kappa shape index (κ1) is 26.7. The third kappa shape index (κ3) is 7.08. The van der Waals surface area contributed by atoms with Gasteiger partial charge in [-0.1, -0.05) is 54.4 Å². The molecule has 1 aliphatic carbocycles. The Morgan fingerprint density at radius 1 is 0.939 bits per heavy atom. The van der Waals surface area contributed by atoms with E-state index in [1.807, 2.05) is 28.4 Å². The summed E-state index contributed by atoms with van der Waals surface area (Å²) in [4.78, 5) is 18.4. The van der Waals surface area contributed by atoms with Crippen molar-refractivity contribution in [3.05, 3.63) is 23.3 Å². The fourth-order valence-corrected chi connectivity index (χ4v) is 7.63. The van der Waals surface area contributed by atoms with Gasteiger partial charge in [-0.2, -0.15) is 0 Å². The normalized spacial score (nSPS) is 23.1. The minimum Gasteiger partial charge on any atom is -0.507 e. The number of carbonyl (C=O) groups excluding carboxylic acids is 1. The molecular weight excluding hydrogens is 448 g/mol. The fraction of sp³-hybridized carbons (Fsp3) is 0.741. The van der Waals surface area contributed by atoms with Crippen molar-refractivity contribution in [1.29, 1.82) is 0 Å². The maximum atomic E-state index is 12.8. The number of likely N-dealkylation sites (N-methyl/N-ethyl adjacent to an activating group) is 1. The van der Waals surface area contributed by atoms with E-state index < -0.39 is 0 Å². The molecule has 6 heteroatoms. The van der Waals surface area contributed by atoms with Crippen molar-refractivity contribution in [2.75, 3.05) is 39.0 Å². The monoisotopic (exact) mass is 492 g/mol. The summed E-state index contributed by atoms with van der Waals surface area (Å²) in [6.07, 6.45) is 4.90. The summed E-state index contributed by atoms with van der Waals surface area (Å²) in [6.45, 7) is 16.7. The lowest BCUT2D eigenvalue weighted by Gasteiger charge is -2.34. The van der Waals surface area contributed by atoms with Gasteiger partial charge in [0.15, 0.2) is 0 Å². The molecule has 2 fully saturated rings. The Balaban J connectivity index is 1.73. The van der Waals surface area contributed by atoms with Crippen LogP contribution in [0.2, 0.25) is 0 Å². The number of benzene rings is 1. The van der Waals surface area contributed by atoms with Crippen LogP contribution in [0.3, 0.4) is 0 Å². The summed E-state index contributed by atoms with van der Waals surface area (Å²) >= 11 is 3.84. The van der Waals surface area contributed by atoms with Gasteiger partial charge in [0.25, 0.3) is 0 Å². The lowest BCUT2D eigenvalue weighted by atomic mass is 9.79. The van der Waals surface area contributed by atoms with E-state index in [-0.39, 0.29) is 10.8 Å². The van der Waals surface area contributed by atoms with Crippen LogP contribution in [0.4, 0.5) is 0 Å². The first-order valence-electron chi connectivity index (χ1n) is 12.5. The van der Waals surface area contributed by atoms with E-state index in [1.54, 1.807) is 0 Å². The largest absolute Gasteiger partial charge is 0.507 e. The molecule has 1 aliphatic heterocycles. The number of aromatic hydroxyl groups is 1. The number of hydrogen-bond donors (Lipinski definition) is 1. The van der Waals surface area contributed by atoms with E-state index in [9.17, 15) is 9.90 Å². The van der Waals surface area contributed by atoms with Gasteiger partial charge in [-0.15, -0.1) is 23.5 Å². The Morgan fingerprint density at radius 3 is 1.97 bits per heavy atom. The minimum absolute atomic E-state index is 0.115. The number of phenols is 1. The fourth-order valence-electron chi connectivity index (χ4n) is 4.71. The van der Waals surface area contributed by atoms with E-state index in [1.165, 1.54) is 30.6 Å². The van der Waals surface area contributed by atoms with E-state index in [0.717, 1.165) is 37.3 Å². The molecule has 186 valence electrons. The average molecular weight is 493 g/mol. The highest BCUT2D eigenvalue weighted by atomic mass is 32.2. The van der Waals surface area contributed by atoms with Crippen LogP contribution in [-0.4, -0.2) is 70.3 Å². The standard InChI is InChI=1S/C27H44N2O2S2/c1-26(2,3)20-16-19(17-21(25(20)31)27(4,5)6)33-23-11-9-8-10-22(23)32-18-24(30)29-14-12-28(7)13-15-29/h16-17,22-23,31H,8-15,18H2,1-7H3/t22-,23-/m1/s1. The van der Waals surface area contributed by atoms with E-state index in [0.29, 0.717) is 27.9 Å². The van der Waals surface area contributed by atoms with Crippen LogP contribution in [0.25, 0.3) is 0 Å². The van der Waals surface area contributed by atoms with Gasteiger partial charge in [0.2, 0.25) is 5.91 Å². The summed E-state index contributed by atoms with van der Waals surface area (Å²) in [6, 6.07) is 4.42. The summed E-state index contributed by atoms with van der Waals surface area (Å²) < 4.78 is 0. The molecule has 2 atom stereocenters. The molecule has 33 heavy (non-hydrogen) atoms. The van der Waals surface area contributed by atoms with Crippen LogP contribution in [0.1, 0.15) is 78.4 Å². The van der Waals surface area contributed by atoms with E-state index >= 15 is 0 Å². The zero-order valence-electron chi connectivity index (χ0n) is 21.7. The molecule has 4 nitrogen and oxygen atoms in total. The SMILES string of the molecule is CN1CCN(C(=O)CS[C@@H]2CCCC[C@H]2Sc2cc(C(C)(C)C)c(O)c(C(C)(C)C)c2)CC1.